The number of carbonyl (C=O) groups is 1. The van der Waals surface area contributed by atoms with Crippen LogP contribution in [0.25, 0.3) is 0 Å². The van der Waals surface area contributed by atoms with Crippen molar-refractivity contribution in [1.82, 2.24) is 0 Å². The highest BCUT2D eigenvalue weighted by molar-refractivity contribution is 6.01. The van der Waals surface area contributed by atoms with E-state index in [1.807, 2.05) is 0 Å². The third kappa shape index (κ3) is 1.48. The summed E-state index contributed by atoms with van der Waals surface area (Å²) in [5, 5.41) is 10.9. The number of benzene rings is 1. The number of nitro benzene ring substituents is 1. The molecule has 0 radical (unpaired) electrons. The lowest BCUT2D eigenvalue weighted by Crippen LogP contribution is -2.16. The molecule has 0 unspecified atom stereocenters. The van der Waals surface area contributed by atoms with Crippen molar-refractivity contribution in [2.75, 3.05) is 13.7 Å². The standard InChI is InChI=1S/C10H9NO5/c1-15-8-3-2-6-7(12)4-5-16-10(6)9(8)11(13)14/h2-3H,4-5H2,1H3. The first kappa shape index (κ1) is 10.4. The molecular formula is C10H9NO5. The Morgan fingerprint density at radius 2 is 2.25 bits per heavy atom. The van der Waals surface area contributed by atoms with E-state index in [4.69, 9.17) is 9.47 Å². The number of ether oxygens (including phenoxy) is 2. The van der Waals surface area contributed by atoms with Crippen LogP contribution >= 0.6 is 0 Å². The molecule has 0 aliphatic carbocycles. The monoisotopic (exact) mass is 223 g/mol. The van der Waals surface area contributed by atoms with Gasteiger partial charge in [-0.05, 0) is 12.1 Å². The van der Waals surface area contributed by atoms with Gasteiger partial charge in [0.2, 0.25) is 11.5 Å². The van der Waals surface area contributed by atoms with Crippen molar-refractivity contribution in [1.29, 1.82) is 0 Å². The quantitative estimate of drug-likeness (QED) is 0.561. The number of fused-ring (bicyclic) bond motifs is 1. The molecule has 0 N–H and O–H groups in total. The van der Waals surface area contributed by atoms with E-state index in [2.05, 4.69) is 0 Å². The van der Waals surface area contributed by atoms with Gasteiger partial charge >= 0.3 is 5.69 Å². The van der Waals surface area contributed by atoms with Crippen LogP contribution in [0.3, 0.4) is 0 Å². The number of methoxy groups -OCH3 is 1. The molecule has 0 saturated carbocycles. The molecule has 6 heteroatoms. The predicted molar refractivity (Wildman–Crippen MR) is 54.1 cm³/mol. The molecule has 0 fully saturated rings. The largest absolute Gasteiger partial charge is 0.490 e. The van der Waals surface area contributed by atoms with Gasteiger partial charge in [-0.15, -0.1) is 0 Å². The van der Waals surface area contributed by atoms with Crippen LogP contribution in [0.1, 0.15) is 16.8 Å². The molecule has 0 aromatic heterocycles. The highest BCUT2D eigenvalue weighted by Crippen LogP contribution is 2.41. The number of hydrogen-bond acceptors (Lipinski definition) is 5. The first-order chi connectivity index (χ1) is 7.65. The first-order valence-electron chi connectivity index (χ1n) is 4.66. The molecule has 1 aromatic rings. The van der Waals surface area contributed by atoms with Crippen LogP contribution in [-0.2, 0) is 0 Å². The van der Waals surface area contributed by atoms with Crippen molar-refractivity contribution in [3.05, 3.63) is 27.8 Å². The van der Waals surface area contributed by atoms with Crippen LogP contribution in [0, 0.1) is 10.1 Å². The lowest BCUT2D eigenvalue weighted by atomic mass is 10.0. The Kier molecular flexibility index (Phi) is 2.47. The lowest BCUT2D eigenvalue weighted by molar-refractivity contribution is -0.386. The predicted octanol–water partition coefficient (Wildman–Crippen LogP) is 1.57. The van der Waals surface area contributed by atoms with Crippen molar-refractivity contribution in [3.8, 4) is 11.5 Å². The van der Waals surface area contributed by atoms with E-state index in [-0.39, 0.29) is 41.6 Å². The summed E-state index contributed by atoms with van der Waals surface area (Å²) < 4.78 is 10.1. The van der Waals surface area contributed by atoms with E-state index in [9.17, 15) is 14.9 Å². The second kappa shape index (κ2) is 3.80. The van der Waals surface area contributed by atoms with E-state index >= 15 is 0 Å². The van der Waals surface area contributed by atoms with E-state index in [1.165, 1.54) is 19.2 Å². The summed E-state index contributed by atoms with van der Waals surface area (Å²) in [4.78, 5) is 21.8. The fraction of sp³-hybridized carbons (Fsp3) is 0.300. The Morgan fingerprint density at radius 3 is 2.88 bits per heavy atom. The van der Waals surface area contributed by atoms with Gasteiger partial charge in [0.15, 0.2) is 5.78 Å². The average molecular weight is 223 g/mol. The smallest absolute Gasteiger partial charge is 0.353 e. The number of nitrogens with zero attached hydrogens (tertiary/aromatic N) is 1. The summed E-state index contributed by atoms with van der Waals surface area (Å²) in [5.74, 6) is -0.0361. The molecule has 0 bridgehead atoms. The molecule has 1 aliphatic rings. The topological polar surface area (TPSA) is 78.7 Å². The fourth-order valence-corrected chi connectivity index (χ4v) is 1.64. The summed E-state index contributed by atoms with van der Waals surface area (Å²) in [6.45, 7) is 0.167. The molecule has 0 atom stereocenters. The molecule has 0 amide bonds. The van der Waals surface area contributed by atoms with Crippen molar-refractivity contribution in [2.24, 2.45) is 0 Å². The Balaban J connectivity index is 2.67. The second-order valence-electron chi connectivity index (χ2n) is 3.27. The molecule has 1 aliphatic heterocycles. The summed E-state index contributed by atoms with van der Waals surface area (Å²) in [6.07, 6.45) is 0.247. The van der Waals surface area contributed by atoms with Gasteiger partial charge in [-0.3, -0.25) is 14.9 Å². The van der Waals surface area contributed by atoms with Crippen LogP contribution in [0.5, 0.6) is 11.5 Å². The van der Waals surface area contributed by atoms with Crippen LogP contribution in [-0.4, -0.2) is 24.4 Å². The Bertz CT molecular complexity index is 469. The van der Waals surface area contributed by atoms with E-state index in [1.54, 1.807) is 0 Å². The highest BCUT2D eigenvalue weighted by atomic mass is 16.6. The number of hydrogen-bond donors (Lipinski definition) is 0. The van der Waals surface area contributed by atoms with Gasteiger partial charge in [-0.1, -0.05) is 0 Å². The van der Waals surface area contributed by atoms with Gasteiger partial charge in [0.25, 0.3) is 0 Å². The van der Waals surface area contributed by atoms with Gasteiger partial charge in [0, 0.05) is 6.42 Å². The third-order valence-corrected chi connectivity index (χ3v) is 2.37. The van der Waals surface area contributed by atoms with Crippen molar-refractivity contribution >= 4 is 11.5 Å². The molecule has 1 aromatic carbocycles. The van der Waals surface area contributed by atoms with Crippen molar-refractivity contribution < 1.29 is 19.2 Å². The molecule has 84 valence electrons. The minimum Gasteiger partial charge on any atom is -0.490 e. The zero-order valence-electron chi connectivity index (χ0n) is 8.56. The Labute approximate surface area is 90.9 Å². The van der Waals surface area contributed by atoms with Crippen LogP contribution in [0.4, 0.5) is 5.69 Å². The molecule has 0 spiro atoms. The number of Topliss-reactive ketones (excluding diaryl/α,β-unsaturated/α-hetero) is 1. The molecule has 16 heavy (non-hydrogen) atoms. The zero-order chi connectivity index (χ0) is 11.7. The molecule has 1 heterocycles. The molecular weight excluding hydrogens is 214 g/mol. The van der Waals surface area contributed by atoms with Crippen molar-refractivity contribution in [2.45, 2.75) is 6.42 Å². The molecule has 6 nitrogen and oxygen atoms in total. The Hall–Kier alpha value is -2.11. The summed E-state index contributed by atoms with van der Waals surface area (Å²) >= 11 is 0. The van der Waals surface area contributed by atoms with Crippen LogP contribution < -0.4 is 9.47 Å². The van der Waals surface area contributed by atoms with Gasteiger partial charge in [0.05, 0.1) is 24.2 Å². The highest BCUT2D eigenvalue weighted by Gasteiger charge is 2.30. The van der Waals surface area contributed by atoms with Crippen LogP contribution in [0.15, 0.2) is 12.1 Å². The van der Waals surface area contributed by atoms with Crippen molar-refractivity contribution in [3.63, 3.8) is 0 Å². The van der Waals surface area contributed by atoms with Gasteiger partial charge in [-0.25, -0.2) is 0 Å². The summed E-state index contributed by atoms with van der Waals surface area (Å²) in [7, 11) is 1.33. The number of rotatable bonds is 2. The maximum absolute atomic E-state index is 11.5. The number of ketones is 1. The first-order valence-corrected chi connectivity index (χ1v) is 4.66. The Morgan fingerprint density at radius 1 is 1.50 bits per heavy atom. The minimum atomic E-state index is -0.601. The SMILES string of the molecule is COc1ccc2c(c1[N+](=O)[O-])OCCC2=O. The van der Waals surface area contributed by atoms with E-state index in [0.717, 1.165) is 0 Å². The average Bonchev–Trinajstić information content (AvgIpc) is 2.27. The van der Waals surface area contributed by atoms with Crippen LogP contribution in [0.2, 0.25) is 0 Å². The van der Waals surface area contributed by atoms with E-state index in [0.29, 0.717) is 0 Å². The minimum absolute atomic E-state index is 0.0144. The normalized spacial score (nSPS) is 13.9. The molecule has 0 saturated heterocycles. The van der Waals surface area contributed by atoms with E-state index < -0.39 is 4.92 Å². The maximum Gasteiger partial charge on any atom is 0.353 e. The fourth-order valence-electron chi connectivity index (χ4n) is 1.64. The summed E-state index contributed by atoms with van der Waals surface area (Å²) in [6, 6.07) is 2.90. The third-order valence-electron chi connectivity index (χ3n) is 2.37. The number of nitro groups is 1. The zero-order valence-corrected chi connectivity index (χ0v) is 8.56. The maximum atomic E-state index is 11.5. The summed E-state index contributed by atoms with van der Waals surface area (Å²) in [5.41, 5.74) is -0.0354. The van der Waals surface area contributed by atoms with Gasteiger partial charge in [0.1, 0.15) is 0 Å². The van der Waals surface area contributed by atoms with Gasteiger partial charge in [-0.2, -0.15) is 0 Å². The lowest BCUT2D eigenvalue weighted by Gasteiger charge is -2.16. The molecule has 2 rings (SSSR count). The number of carbonyl (C=O) groups excluding carboxylic acids is 1. The van der Waals surface area contributed by atoms with Gasteiger partial charge < -0.3 is 9.47 Å². The second-order valence-corrected chi connectivity index (χ2v) is 3.27.